The molecule has 0 aliphatic heterocycles. The van der Waals surface area contributed by atoms with Crippen molar-refractivity contribution in [2.24, 2.45) is 0 Å². The normalized spacial score (nSPS) is 13.3. The van der Waals surface area contributed by atoms with Crippen molar-refractivity contribution in [3.63, 3.8) is 0 Å². The molecule has 0 aliphatic rings. The highest BCUT2D eigenvalue weighted by molar-refractivity contribution is 6.25. The Labute approximate surface area is 99.7 Å². The van der Waals surface area contributed by atoms with E-state index in [4.69, 9.17) is 11.6 Å². The van der Waals surface area contributed by atoms with Crippen LogP contribution in [0.5, 0.6) is 0 Å². The van der Waals surface area contributed by atoms with E-state index in [1.807, 2.05) is 6.92 Å². The molecule has 0 aliphatic carbocycles. The fourth-order valence-electron chi connectivity index (χ4n) is 1.64. The molecular weight excluding hydrogens is 208 g/mol. The minimum Gasteiger partial charge on any atom is -0.312 e. The molecule has 2 nitrogen and oxygen atoms in total. The van der Waals surface area contributed by atoms with Crippen molar-refractivity contribution in [3.05, 3.63) is 11.1 Å². The summed E-state index contributed by atoms with van der Waals surface area (Å²) in [5.41, 5.74) is 2.81. The molecule has 0 fully saturated rings. The fraction of sp³-hybridized carbons (Fsp3) is 0.833. The van der Waals surface area contributed by atoms with Crippen LogP contribution in [0.2, 0.25) is 0 Å². The summed E-state index contributed by atoms with van der Waals surface area (Å²) in [5.74, 6) is 0. The predicted molar refractivity (Wildman–Crippen MR) is 69.5 cm³/mol. The number of halogens is 1. The molecule has 0 amide bonds. The van der Waals surface area contributed by atoms with Crippen LogP contribution < -0.4 is 5.32 Å². The number of nitrogens with zero attached hydrogens (tertiary/aromatic N) is 1. The van der Waals surface area contributed by atoms with Gasteiger partial charge in [0.1, 0.15) is 0 Å². The van der Waals surface area contributed by atoms with Gasteiger partial charge in [-0.15, -0.1) is 0 Å². The van der Waals surface area contributed by atoms with E-state index in [2.05, 4.69) is 37.9 Å². The standard InChI is InChI=1S/C12H25ClN2/c1-10(2)15(11(3)4)7-6-14-9-12(5)8-13/h8,10-11,14H,6-7,9H2,1-5H3. The third kappa shape index (κ3) is 6.93. The van der Waals surface area contributed by atoms with Gasteiger partial charge in [-0.05, 0) is 40.2 Å². The Balaban J connectivity index is 3.73. The van der Waals surface area contributed by atoms with Crippen LogP contribution in [-0.2, 0) is 0 Å². The molecule has 0 aromatic heterocycles. The lowest BCUT2D eigenvalue weighted by Crippen LogP contribution is -2.41. The molecule has 1 N–H and O–H groups in total. The van der Waals surface area contributed by atoms with Gasteiger partial charge in [-0.3, -0.25) is 4.90 Å². The lowest BCUT2D eigenvalue weighted by molar-refractivity contribution is 0.176. The van der Waals surface area contributed by atoms with Crippen LogP contribution in [0.3, 0.4) is 0 Å². The maximum atomic E-state index is 5.58. The van der Waals surface area contributed by atoms with Crippen LogP contribution in [0.25, 0.3) is 0 Å². The van der Waals surface area contributed by atoms with Crippen molar-refractivity contribution in [2.45, 2.75) is 46.7 Å². The van der Waals surface area contributed by atoms with E-state index in [0.29, 0.717) is 12.1 Å². The summed E-state index contributed by atoms with van der Waals surface area (Å²) in [6.45, 7) is 14.0. The lowest BCUT2D eigenvalue weighted by Gasteiger charge is -2.30. The van der Waals surface area contributed by atoms with Crippen LogP contribution in [-0.4, -0.2) is 36.6 Å². The lowest BCUT2D eigenvalue weighted by atomic mass is 10.2. The highest BCUT2D eigenvalue weighted by atomic mass is 35.5. The summed E-state index contributed by atoms with van der Waals surface area (Å²) in [4.78, 5) is 2.48. The Hall–Kier alpha value is -0.0500. The van der Waals surface area contributed by atoms with Gasteiger partial charge in [-0.1, -0.05) is 11.6 Å². The van der Waals surface area contributed by atoms with E-state index in [1.165, 1.54) is 5.57 Å². The summed E-state index contributed by atoms with van der Waals surface area (Å²) in [6.07, 6.45) is 0. The van der Waals surface area contributed by atoms with Gasteiger partial charge in [-0.25, -0.2) is 0 Å². The SMILES string of the molecule is CC(=CCl)CNCCN(C(C)C)C(C)C. The molecule has 0 aromatic rings. The molecule has 0 unspecified atom stereocenters. The van der Waals surface area contributed by atoms with E-state index in [-0.39, 0.29) is 0 Å². The zero-order valence-corrected chi connectivity index (χ0v) is 11.4. The van der Waals surface area contributed by atoms with E-state index in [0.717, 1.165) is 19.6 Å². The molecular formula is C12H25ClN2. The molecule has 0 atom stereocenters. The van der Waals surface area contributed by atoms with Gasteiger partial charge >= 0.3 is 0 Å². The van der Waals surface area contributed by atoms with Crippen molar-refractivity contribution in [1.82, 2.24) is 10.2 Å². The first-order valence-corrected chi connectivity index (χ1v) is 6.15. The van der Waals surface area contributed by atoms with Crippen molar-refractivity contribution >= 4 is 11.6 Å². The summed E-state index contributed by atoms with van der Waals surface area (Å²) < 4.78 is 0. The van der Waals surface area contributed by atoms with Crippen molar-refractivity contribution in [1.29, 1.82) is 0 Å². The van der Waals surface area contributed by atoms with E-state index >= 15 is 0 Å². The third-order valence-corrected chi connectivity index (χ3v) is 2.84. The highest BCUT2D eigenvalue weighted by Gasteiger charge is 2.11. The fourth-order valence-corrected chi connectivity index (χ4v) is 1.72. The monoisotopic (exact) mass is 232 g/mol. The third-order valence-electron chi connectivity index (χ3n) is 2.46. The second-order valence-corrected chi connectivity index (χ2v) is 4.78. The van der Waals surface area contributed by atoms with Crippen LogP contribution in [0.4, 0.5) is 0 Å². The molecule has 90 valence electrons. The van der Waals surface area contributed by atoms with Crippen LogP contribution in [0.15, 0.2) is 11.1 Å². The molecule has 0 saturated carbocycles. The van der Waals surface area contributed by atoms with Crippen LogP contribution >= 0.6 is 11.6 Å². The first-order valence-electron chi connectivity index (χ1n) is 5.71. The number of hydrogen-bond acceptors (Lipinski definition) is 2. The Bertz CT molecular complexity index is 180. The zero-order valence-electron chi connectivity index (χ0n) is 10.7. The number of hydrogen-bond donors (Lipinski definition) is 1. The second kappa shape index (κ2) is 8.14. The Kier molecular flexibility index (Phi) is 8.12. The van der Waals surface area contributed by atoms with Crippen LogP contribution in [0.1, 0.15) is 34.6 Å². The molecule has 0 bridgehead atoms. The minimum absolute atomic E-state index is 0.608. The average Bonchev–Trinajstić information content (AvgIpc) is 2.15. The molecule has 0 aromatic carbocycles. The first-order chi connectivity index (χ1) is 6.99. The maximum Gasteiger partial charge on any atom is 0.0174 e. The summed E-state index contributed by atoms with van der Waals surface area (Å²) >= 11 is 5.58. The van der Waals surface area contributed by atoms with E-state index in [1.54, 1.807) is 5.54 Å². The topological polar surface area (TPSA) is 15.3 Å². The average molecular weight is 233 g/mol. The van der Waals surface area contributed by atoms with Gasteiger partial charge < -0.3 is 5.32 Å². The predicted octanol–water partition coefficient (Wildman–Crippen LogP) is 2.84. The molecule has 0 rings (SSSR count). The molecule has 0 radical (unpaired) electrons. The second-order valence-electron chi connectivity index (χ2n) is 4.56. The molecule has 0 heterocycles. The van der Waals surface area contributed by atoms with Gasteiger partial charge in [-0.2, -0.15) is 0 Å². The Morgan fingerprint density at radius 2 is 1.80 bits per heavy atom. The van der Waals surface area contributed by atoms with E-state index < -0.39 is 0 Å². The van der Waals surface area contributed by atoms with Gasteiger partial charge in [0.2, 0.25) is 0 Å². The zero-order chi connectivity index (χ0) is 11.8. The van der Waals surface area contributed by atoms with E-state index in [9.17, 15) is 0 Å². The number of nitrogens with one attached hydrogen (secondary N) is 1. The Morgan fingerprint density at radius 3 is 2.20 bits per heavy atom. The summed E-state index contributed by atoms with van der Waals surface area (Å²) in [5, 5.41) is 3.38. The van der Waals surface area contributed by atoms with Crippen LogP contribution in [0, 0.1) is 0 Å². The van der Waals surface area contributed by atoms with Crippen molar-refractivity contribution < 1.29 is 0 Å². The Morgan fingerprint density at radius 1 is 1.27 bits per heavy atom. The van der Waals surface area contributed by atoms with Crippen molar-refractivity contribution in [2.75, 3.05) is 19.6 Å². The first kappa shape index (κ1) is 14.9. The minimum atomic E-state index is 0.608. The smallest absolute Gasteiger partial charge is 0.0174 e. The van der Waals surface area contributed by atoms with Gasteiger partial charge in [0.15, 0.2) is 0 Å². The number of rotatable bonds is 7. The molecule has 0 spiro atoms. The summed E-state index contributed by atoms with van der Waals surface area (Å²) in [7, 11) is 0. The molecule has 0 saturated heterocycles. The summed E-state index contributed by atoms with van der Waals surface area (Å²) in [6, 6.07) is 1.22. The highest BCUT2D eigenvalue weighted by Crippen LogP contribution is 2.03. The largest absolute Gasteiger partial charge is 0.312 e. The van der Waals surface area contributed by atoms with Gasteiger partial charge in [0.25, 0.3) is 0 Å². The van der Waals surface area contributed by atoms with Gasteiger partial charge in [0.05, 0.1) is 0 Å². The quantitative estimate of drug-likeness (QED) is 0.680. The molecule has 15 heavy (non-hydrogen) atoms. The van der Waals surface area contributed by atoms with Crippen molar-refractivity contribution in [3.8, 4) is 0 Å². The van der Waals surface area contributed by atoms with Gasteiger partial charge in [0, 0.05) is 37.3 Å². The maximum absolute atomic E-state index is 5.58. The molecule has 3 heteroatoms.